The Balaban J connectivity index is 1.71. The lowest BCUT2D eigenvalue weighted by molar-refractivity contribution is 0.212. The van der Waals surface area contributed by atoms with Gasteiger partial charge in [0.05, 0.1) is 5.39 Å². The van der Waals surface area contributed by atoms with Gasteiger partial charge in [-0.05, 0) is 26.0 Å². The summed E-state index contributed by atoms with van der Waals surface area (Å²) >= 11 is 0. The molecule has 0 saturated heterocycles. The first-order chi connectivity index (χ1) is 13.2. The summed E-state index contributed by atoms with van der Waals surface area (Å²) in [7, 11) is 0. The van der Waals surface area contributed by atoms with Crippen LogP contribution in [0.15, 0.2) is 35.1 Å². The Morgan fingerprint density at radius 2 is 2.19 bits per heavy atom. The third-order valence-electron chi connectivity index (χ3n) is 4.08. The molecule has 5 rings (SSSR count). The molecule has 134 valence electrons. The largest absolute Gasteiger partial charge is 0.465 e. The highest BCUT2D eigenvalue weighted by Crippen LogP contribution is 2.29. The summed E-state index contributed by atoms with van der Waals surface area (Å²) in [5.41, 5.74) is 2.31. The molecule has 0 aliphatic carbocycles. The minimum Gasteiger partial charge on any atom is -0.465 e. The van der Waals surface area contributed by atoms with E-state index < -0.39 is 0 Å². The van der Waals surface area contributed by atoms with Crippen LogP contribution in [0.1, 0.15) is 24.5 Å². The molecule has 1 N–H and O–H groups in total. The molecule has 0 bridgehead atoms. The van der Waals surface area contributed by atoms with Gasteiger partial charge in [-0.3, -0.25) is 10.1 Å². The van der Waals surface area contributed by atoms with Crippen molar-refractivity contribution in [3.8, 4) is 17.4 Å². The number of hydrogen-bond acceptors (Lipinski definition) is 9. The van der Waals surface area contributed by atoms with E-state index in [4.69, 9.17) is 9.26 Å². The van der Waals surface area contributed by atoms with Gasteiger partial charge < -0.3 is 9.26 Å². The highest BCUT2D eigenvalue weighted by Gasteiger charge is 2.21. The van der Waals surface area contributed by atoms with Gasteiger partial charge in [-0.2, -0.15) is 4.52 Å². The lowest BCUT2D eigenvalue weighted by Gasteiger charge is -2.13. The zero-order valence-electron chi connectivity index (χ0n) is 14.4. The number of aromatic amines is 1. The van der Waals surface area contributed by atoms with Crippen molar-refractivity contribution in [2.45, 2.75) is 20.0 Å². The Kier molecular flexibility index (Phi) is 3.32. The average molecular weight is 363 g/mol. The van der Waals surface area contributed by atoms with Crippen LogP contribution in [0.3, 0.4) is 0 Å². The molecule has 5 heterocycles. The monoisotopic (exact) mass is 363 g/mol. The summed E-state index contributed by atoms with van der Waals surface area (Å²) in [6, 6.07) is 5.48. The topological polar surface area (TPSA) is 133 Å². The van der Waals surface area contributed by atoms with Gasteiger partial charge in [0.15, 0.2) is 11.3 Å². The van der Waals surface area contributed by atoms with E-state index in [2.05, 4.69) is 40.8 Å². The van der Waals surface area contributed by atoms with Gasteiger partial charge in [-0.1, -0.05) is 10.4 Å². The number of aromatic nitrogens is 9. The second-order valence-electron chi connectivity index (χ2n) is 5.94. The quantitative estimate of drug-likeness (QED) is 0.508. The third kappa shape index (κ3) is 2.47. The third-order valence-corrected chi connectivity index (χ3v) is 4.08. The van der Waals surface area contributed by atoms with Crippen molar-refractivity contribution in [3.05, 3.63) is 42.0 Å². The second kappa shape index (κ2) is 5.83. The van der Waals surface area contributed by atoms with Crippen molar-refractivity contribution in [1.29, 1.82) is 0 Å². The fourth-order valence-electron chi connectivity index (χ4n) is 2.78. The smallest absolute Gasteiger partial charge is 0.259 e. The van der Waals surface area contributed by atoms with Gasteiger partial charge in [0.1, 0.15) is 23.1 Å². The molecule has 0 aromatic carbocycles. The van der Waals surface area contributed by atoms with E-state index in [9.17, 15) is 0 Å². The summed E-state index contributed by atoms with van der Waals surface area (Å²) in [5.74, 6) is 1.45. The number of nitrogens with zero attached hydrogens (tertiary/aromatic N) is 8. The number of rotatable bonds is 4. The summed E-state index contributed by atoms with van der Waals surface area (Å²) in [4.78, 5) is 4.41. The molecule has 0 aliphatic rings. The minimum absolute atomic E-state index is 0.329. The molecule has 0 saturated carbocycles. The predicted molar refractivity (Wildman–Crippen MR) is 91.7 cm³/mol. The summed E-state index contributed by atoms with van der Waals surface area (Å²) < 4.78 is 12.8. The van der Waals surface area contributed by atoms with Gasteiger partial charge in [0.25, 0.3) is 5.88 Å². The van der Waals surface area contributed by atoms with Crippen LogP contribution < -0.4 is 4.74 Å². The van der Waals surface area contributed by atoms with E-state index >= 15 is 0 Å². The maximum Gasteiger partial charge on any atom is 0.259 e. The number of hydrogen-bond donors (Lipinski definition) is 1. The summed E-state index contributed by atoms with van der Waals surface area (Å²) in [5, 5.41) is 28.2. The Morgan fingerprint density at radius 1 is 1.26 bits per heavy atom. The Bertz CT molecular complexity index is 1240. The number of ether oxygens (including phenoxy) is 1. The molecule has 5 aromatic heterocycles. The van der Waals surface area contributed by atoms with E-state index in [0.29, 0.717) is 40.0 Å². The van der Waals surface area contributed by atoms with E-state index in [1.807, 2.05) is 19.1 Å². The predicted octanol–water partition coefficient (Wildman–Crippen LogP) is 1.89. The number of aryl methyl sites for hydroxylation is 1. The van der Waals surface area contributed by atoms with Crippen molar-refractivity contribution in [2.24, 2.45) is 0 Å². The van der Waals surface area contributed by atoms with E-state index in [0.717, 1.165) is 5.39 Å². The Morgan fingerprint density at radius 3 is 2.96 bits per heavy atom. The van der Waals surface area contributed by atoms with Crippen LogP contribution in [-0.2, 0) is 0 Å². The standard InChI is InChI=1S/C16H13N9O2/c1-8-6-11(23-27-8)15-21-20-14-10-4-3-5-17-13(10)16(22-25(14)15)26-9(2)12-7-18-24-19-12/h3-7,9H,1-2H3,(H,18,19,24). The van der Waals surface area contributed by atoms with Crippen LogP contribution >= 0.6 is 0 Å². The number of fused-ring (bicyclic) bond motifs is 3. The first-order valence-electron chi connectivity index (χ1n) is 8.17. The van der Waals surface area contributed by atoms with Crippen LogP contribution in [0, 0.1) is 6.92 Å². The lowest BCUT2D eigenvalue weighted by Crippen LogP contribution is -2.08. The van der Waals surface area contributed by atoms with Crippen molar-refractivity contribution in [3.63, 3.8) is 0 Å². The second-order valence-corrected chi connectivity index (χ2v) is 5.94. The number of H-pyrrole nitrogens is 1. The van der Waals surface area contributed by atoms with E-state index in [-0.39, 0.29) is 6.10 Å². The molecule has 11 heteroatoms. The van der Waals surface area contributed by atoms with Crippen LogP contribution in [0.4, 0.5) is 0 Å². The van der Waals surface area contributed by atoms with Crippen LogP contribution in [-0.4, -0.2) is 45.4 Å². The van der Waals surface area contributed by atoms with Gasteiger partial charge >= 0.3 is 0 Å². The fourth-order valence-corrected chi connectivity index (χ4v) is 2.78. The first-order valence-corrected chi connectivity index (χ1v) is 8.17. The molecule has 11 nitrogen and oxygen atoms in total. The van der Waals surface area contributed by atoms with Gasteiger partial charge in [0, 0.05) is 18.5 Å². The molecule has 1 unspecified atom stereocenters. The molecule has 0 aliphatic heterocycles. The molecule has 1 atom stereocenters. The Hall–Kier alpha value is -3.89. The highest BCUT2D eigenvalue weighted by atomic mass is 16.5. The molecule has 0 spiro atoms. The van der Waals surface area contributed by atoms with Crippen LogP contribution in [0.2, 0.25) is 0 Å². The van der Waals surface area contributed by atoms with Crippen LogP contribution in [0.25, 0.3) is 28.1 Å². The molecule has 5 aromatic rings. The van der Waals surface area contributed by atoms with Crippen molar-refractivity contribution < 1.29 is 9.26 Å². The maximum absolute atomic E-state index is 6.03. The first kappa shape index (κ1) is 15.4. The zero-order valence-corrected chi connectivity index (χ0v) is 14.4. The zero-order chi connectivity index (χ0) is 18.4. The SMILES string of the molecule is Cc1cc(-c2nnc3c4cccnc4c(OC(C)c4c[nH]nn4)nn23)no1. The van der Waals surface area contributed by atoms with E-state index in [1.54, 1.807) is 29.9 Å². The van der Waals surface area contributed by atoms with Gasteiger partial charge in [-0.25, -0.2) is 0 Å². The number of nitrogens with one attached hydrogen (secondary N) is 1. The minimum atomic E-state index is -0.381. The van der Waals surface area contributed by atoms with Gasteiger partial charge in [-0.15, -0.1) is 20.4 Å². The van der Waals surface area contributed by atoms with E-state index in [1.165, 1.54) is 0 Å². The van der Waals surface area contributed by atoms with Crippen molar-refractivity contribution >= 4 is 16.6 Å². The van der Waals surface area contributed by atoms with Crippen molar-refractivity contribution in [2.75, 3.05) is 0 Å². The summed E-state index contributed by atoms with van der Waals surface area (Å²) in [6.07, 6.45) is 2.96. The molecular formula is C16H13N9O2. The van der Waals surface area contributed by atoms with Crippen LogP contribution in [0.5, 0.6) is 5.88 Å². The lowest BCUT2D eigenvalue weighted by atomic mass is 10.2. The molecule has 0 radical (unpaired) electrons. The number of pyridine rings is 1. The molecule has 0 fully saturated rings. The van der Waals surface area contributed by atoms with Gasteiger partial charge in [0.2, 0.25) is 5.82 Å². The Labute approximate surface area is 151 Å². The highest BCUT2D eigenvalue weighted by molar-refractivity contribution is 5.94. The molecule has 27 heavy (non-hydrogen) atoms. The maximum atomic E-state index is 6.03. The summed E-state index contributed by atoms with van der Waals surface area (Å²) in [6.45, 7) is 3.66. The normalized spacial score (nSPS) is 12.7. The average Bonchev–Trinajstić information content (AvgIpc) is 3.42. The van der Waals surface area contributed by atoms with Crippen molar-refractivity contribution in [1.82, 2.24) is 45.4 Å². The molecular weight excluding hydrogens is 350 g/mol. The molecule has 0 amide bonds. The fraction of sp³-hybridized carbons (Fsp3) is 0.188.